The lowest BCUT2D eigenvalue weighted by molar-refractivity contribution is -0.405. The van der Waals surface area contributed by atoms with Gasteiger partial charge in [0.05, 0.1) is 13.0 Å². The minimum Gasteiger partial charge on any atom is -0.384 e. The Balaban J connectivity index is 1.75. The molecule has 2 aliphatic heterocycles. The number of ether oxygens (including phenoxy) is 3. The van der Waals surface area contributed by atoms with Gasteiger partial charge in [-0.2, -0.15) is 0 Å². The van der Waals surface area contributed by atoms with Gasteiger partial charge in [-0.1, -0.05) is 13.3 Å². The fraction of sp³-hybridized carbons (Fsp3) is 0.947. The zero-order valence-electron chi connectivity index (χ0n) is 16.3. The number of hydrogen-bond acceptors (Lipinski definition) is 6. The van der Waals surface area contributed by atoms with E-state index >= 15 is 0 Å². The largest absolute Gasteiger partial charge is 0.384 e. The Morgan fingerprint density at radius 3 is 2.69 bits per heavy atom. The molecule has 7 nitrogen and oxygen atoms in total. The summed E-state index contributed by atoms with van der Waals surface area (Å²) in [5, 5.41) is 22.1. The van der Waals surface area contributed by atoms with Crippen LogP contribution in [0, 0.1) is 17.8 Å². The Morgan fingerprint density at radius 2 is 2.00 bits per heavy atom. The van der Waals surface area contributed by atoms with Crippen molar-refractivity contribution >= 4 is 5.91 Å². The lowest BCUT2D eigenvalue weighted by Crippen LogP contribution is -2.65. The molecule has 7 heteroatoms. The highest BCUT2D eigenvalue weighted by Crippen LogP contribution is 2.54. The summed E-state index contributed by atoms with van der Waals surface area (Å²) in [5.74, 6) is -1.30. The normalized spacial score (nSPS) is 45.5. The maximum Gasteiger partial charge on any atom is 0.224 e. The Bertz CT molecular complexity index is 524. The maximum absolute atomic E-state index is 11.8. The van der Waals surface area contributed by atoms with Crippen molar-refractivity contribution in [3.63, 3.8) is 0 Å². The molecule has 2 N–H and O–H groups in total. The van der Waals surface area contributed by atoms with Crippen LogP contribution in [0.5, 0.6) is 0 Å². The van der Waals surface area contributed by atoms with Crippen molar-refractivity contribution in [1.29, 1.82) is 0 Å². The number of aliphatic hydroxyl groups is 2. The van der Waals surface area contributed by atoms with Crippen molar-refractivity contribution in [2.45, 2.75) is 76.3 Å². The minimum absolute atomic E-state index is 0.00338. The standard InChI is InChI=1S/C19H33NO6/c1-12-14-7-5-6-13-8-10-18(2,22)26-17(19(13,14)23)25-16(12)24-11-9-15(21)20(3)4/h12-14,16-17,22-23H,5-11H2,1-4H3/t12-,13?,14?,16?,17-,18?,19-/m1/s1. The third-order valence-corrected chi connectivity index (χ3v) is 6.43. The van der Waals surface area contributed by atoms with E-state index in [4.69, 9.17) is 14.2 Å². The van der Waals surface area contributed by atoms with Gasteiger partial charge in [-0.25, -0.2) is 0 Å². The molecule has 7 atom stereocenters. The van der Waals surface area contributed by atoms with Gasteiger partial charge < -0.3 is 29.3 Å². The van der Waals surface area contributed by atoms with E-state index in [1.54, 1.807) is 21.0 Å². The van der Waals surface area contributed by atoms with Gasteiger partial charge in [-0.3, -0.25) is 4.79 Å². The minimum atomic E-state index is -1.33. The van der Waals surface area contributed by atoms with Crippen molar-refractivity contribution in [2.75, 3.05) is 20.7 Å². The van der Waals surface area contributed by atoms with Crippen LogP contribution in [0.3, 0.4) is 0 Å². The highest BCUT2D eigenvalue weighted by atomic mass is 16.8. The van der Waals surface area contributed by atoms with Gasteiger partial charge in [0.25, 0.3) is 0 Å². The quantitative estimate of drug-likeness (QED) is 0.778. The average Bonchev–Trinajstić information content (AvgIpc) is 2.66. The van der Waals surface area contributed by atoms with Crippen LogP contribution in [0.4, 0.5) is 0 Å². The van der Waals surface area contributed by atoms with E-state index < -0.39 is 24.0 Å². The molecule has 0 aromatic heterocycles. The van der Waals surface area contributed by atoms with Crippen molar-refractivity contribution in [3.05, 3.63) is 0 Å². The zero-order chi connectivity index (χ0) is 19.1. The van der Waals surface area contributed by atoms with Crippen LogP contribution in [0.25, 0.3) is 0 Å². The van der Waals surface area contributed by atoms with Crippen LogP contribution in [0.15, 0.2) is 0 Å². The van der Waals surface area contributed by atoms with E-state index in [2.05, 4.69) is 0 Å². The topological polar surface area (TPSA) is 88.5 Å². The number of carbonyl (C=O) groups is 1. The second kappa shape index (κ2) is 7.36. The van der Waals surface area contributed by atoms with E-state index in [-0.39, 0.29) is 36.7 Å². The Hall–Kier alpha value is -0.730. The highest BCUT2D eigenvalue weighted by Gasteiger charge is 2.62. The molecule has 1 aliphatic carbocycles. The first-order chi connectivity index (χ1) is 12.1. The molecule has 150 valence electrons. The third-order valence-electron chi connectivity index (χ3n) is 6.43. The predicted molar refractivity (Wildman–Crippen MR) is 93.8 cm³/mol. The van der Waals surface area contributed by atoms with Gasteiger partial charge in [-0.05, 0) is 32.1 Å². The van der Waals surface area contributed by atoms with Crippen molar-refractivity contribution in [1.82, 2.24) is 4.90 Å². The van der Waals surface area contributed by atoms with Crippen LogP contribution in [0.2, 0.25) is 0 Å². The smallest absolute Gasteiger partial charge is 0.224 e. The second-order valence-electron chi connectivity index (χ2n) is 8.56. The van der Waals surface area contributed by atoms with Gasteiger partial charge >= 0.3 is 0 Å². The molecular formula is C19H33NO6. The second-order valence-corrected chi connectivity index (χ2v) is 8.56. The van der Waals surface area contributed by atoms with Crippen LogP contribution < -0.4 is 0 Å². The van der Waals surface area contributed by atoms with Crippen LogP contribution in [-0.2, 0) is 19.0 Å². The lowest BCUT2D eigenvalue weighted by Gasteiger charge is -2.55. The molecule has 3 rings (SSSR count). The van der Waals surface area contributed by atoms with Crippen molar-refractivity contribution < 1.29 is 29.2 Å². The maximum atomic E-state index is 11.8. The molecule has 3 fully saturated rings. The molecule has 0 aromatic carbocycles. The fourth-order valence-corrected chi connectivity index (χ4v) is 4.85. The first-order valence-corrected chi connectivity index (χ1v) is 9.75. The lowest BCUT2D eigenvalue weighted by atomic mass is 9.61. The summed E-state index contributed by atoms with van der Waals surface area (Å²) in [5.41, 5.74) is -1.10. The summed E-state index contributed by atoms with van der Waals surface area (Å²) in [6.07, 6.45) is 2.84. The van der Waals surface area contributed by atoms with Crippen LogP contribution in [0.1, 0.15) is 52.4 Å². The number of hydrogen-bond donors (Lipinski definition) is 2. The molecule has 4 unspecified atom stereocenters. The molecule has 0 radical (unpaired) electrons. The van der Waals surface area contributed by atoms with Gasteiger partial charge in [-0.15, -0.1) is 0 Å². The van der Waals surface area contributed by atoms with E-state index in [0.29, 0.717) is 6.42 Å². The van der Waals surface area contributed by atoms with E-state index in [1.165, 1.54) is 4.90 Å². The Labute approximate surface area is 155 Å². The summed E-state index contributed by atoms with van der Waals surface area (Å²) < 4.78 is 17.7. The van der Waals surface area contributed by atoms with E-state index in [0.717, 1.165) is 25.7 Å². The Kier molecular flexibility index (Phi) is 5.66. The number of nitrogens with zero attached hydrogens (tertiary/aromatic N) is 1. The fourth-order valence-electron chi connectivity index (χ4n) is 4.85. The highest BCUT2D eigenvalue weighted by molar-refractivity contribution is 5.75. The predicted octanol–water partition coefficient (Wildman–Crippen LogP) is 1.47. The summed E-state index contributed by atoms with van der Waals surface area (Å²) >= 11 is 0. The molecule has 2 saturated heterocycles. The summed E-state index contributed by atoms with van der Waals surface area (Å²) in [7, 11) is 3.43. The monoisotopic (exact) mass is 371 g/mol. The first kappa shape index (κ1) is 20.0. The molecule has 3 aliphatic rings. The summed E-state index contributed by atoms with van der Waals surface area (Å²) in [6, 6.07) is 0. The molecule has 26 heavy (non-hydrogen) atoms. The van der Waals surface area contributed by atoms with Gasteiger partial charge in [0.2, 0.25) is 5.91 Å². The molecule has 2 heterocycles. The number of amides is 1. The van der Waals surface area contributed by atoms with Crippen molar-refractivity contribution in [3.8, 4) is 0 Å². The Morgan fingerprint density at radius 1 is 1.27 bits per heavy atom. The molecule has 0 spiro atoms. The number of carbonyl (C=O) groups excluding carboxylic acids is 1. The summed E-state index contributed by atoms with van der Waals surface area (Å²) in [4.78, 5) is 13.3. The number of rotatable bonds is 4. The van der Waals surface area contributed by atoms with Gasteiger partial charge in [0.1, 0.15) is 5.60 Å². The van der Waals surface area contributed by atoms with Gasteiger partial charge in [0.15, 0.2) is 18.4 Å². The van der Waals surface area contributed by atoms with Crippen molar-refractivity contribution in [2.24, 2.45) is 17.8 Å². The first-order valence-electron chi connectivity index (χ1n) is 9.75. The van der Waals surface area contributed by atoms with E-state index in [1.807, 2.05) is 6.92 Å². The molecule has 0 bridgehead atoms. The average molecular weight is 371 g/mol. The van der Waals surface area contributed by atoms with Crippen LogP contribution >= 0.6 is 0 Å². The zero-order valence-corrected chi connectivity index (χ0v) is 16.3. The van der Waals surface area contributed by atoms with Gasteiger partial charge in [0, 0.05) is 32.4 Å². The molecule has 1 saturated carbocycles. The SMILES string of the molecule is C[C@H]1C(OCCC(=O)N(C)C)O[C@@H]2OC(C)(O)CCC3CCCC1[C@]32O. The molecule has 1 amide bonds. The third kappa shape index (κ3) is 3.64. The summed E-state index contributed by atoms with van der Waals surface area (Å²) in [6.45, 7) is 3.90. The van der Waals surface area contributed by atoms with Crippen LogP contribution in [-0.4, -0.2) is 65.7 Å². The molecule has 0 aromatic rings. The molecular weight excluding hydrogens is 338 g/mol. The van der Waals surface area contributed by atoms with E-state index in [9.17, 15) is 15.0 Å².